The van der Waals surface area contributed by atoms with Crippen molar-refractivity contribution in [2.24, 2.45) is 7.05 Å². The summed E-state index contributed by atoms with van der Waals surface area (Å²) >= 11 is 0. The number of carbonyl (C=O) groups is 1. The highest BCUT2D eigenvalue weighted by Crippen LogP contribution is 2.40. The summed E-state index contributed by atoms with van der Waals surface area (Å²) < 4.78 is 71.7. The third-order valence-electron chi connectivity index (χ3n) is 4.01. The summed E-state index contributed by atoms with van der Waals surface area (Å²) in [6.07, 6.45) is -2.96. The molecule has 2 rings (SSSR count). The molecule has 0 amide bonds. The van der Waals surface area contributed by atoms with Gasteiger partial charge in [-0.15, -0.1) is 0 Å². The SMILES string of the molecule is CCOc1c(C(=O)c2cc(C)c(S(C)(=O)=O)c(C)c2C(F)(F)F)cnn1C. The van der Waals surface area contributed by atoms with Crippen molar-refractivity contribution in [1.82, 2.24) is 9.78 Å². The third-order valence-corrected chi connectivity index (χ3v) is 5.38. The lowest BCUT2D eigenvalue weighted by Gasteiger charge is -2.19. The number of benzene rings is 1. The summed E-state index contributed by atoms with van der Waals surface area (Å²) in [5.74, 6) is -0.900. The number of aryl methyl sites for hydroxylation is 2. The Morgan fingerprint density at radius 1 is 1.26 bits per heavy atom. The highest BCUT2D eigenvalue weighted by molar-refractivity contribution is 7.90. The first-order chi connectivity index (χ1) is 12.3. The summed E-state index contributed by atoms with van der Waals surface area (Å²) in [5.41, 5.74) is -2.48. The van der Waals surface area contributed by atoms with Gasteiger partial charge in [-0.3, -0.25) is 4.79 Å². The van der Waals surface area contributed by atoms with Crippen LogP contribution in [-0.2, 0) is 23.1 Å². The fourth-order valence-corrected chi connectivity index (χ4v) is 4.42. The normalized spacial score (nSPS) is 12.3. The predicted molar refractivity (Wildman–Crippen MR) is 91.8 cm³/mol. The van der Waals surface area contributed by atoms with Crippen LogP contribution < -0.4 is 4.74 Å². The van der Waals surface area contributed by atoms with E-state index in [2.05, 4.69) is 5.10 Å². The number of nitrogens with zero attached hydrogens (tertiary/aromatic N) is 2. The van der Waals surface area contributed by atoms with Gasteiger partial charge in [-0.1, -0.05) is 0 Å². The predicted octanol–water partition coefficient (Wildman–Crippen LogP) is 3.09. The van der Waals surface area contributed by atoms with Crippen LogP contribution in [0.5, 0.6) is 5.88 Å². The van der Waals surface area contributed by atoms with Crippen LogP contribution in [0.4, 0.5) is 13.2 Å². The molecule has 1 heterocycles. The van der Waals surface area contributed by atoms with E-state index in [1.807, 2.05) is 0 Å². The molecule has 2 aromatic rings. The molecule has 0 aliphatic heterocycles. The summed E-state index contributed by atoms with van der Waals surface area (Å²) in [6.45, 7) is 4.26. The zero-order valence-corrected chi connectivity index (χ0v) is 16.2. The number of ether oxygens (including phenoxy) is 1. The van der Waals surface area contributed by atoms with E-state index in [1.54, 1.807) is 6.92 Å². The maximum atomic E-state index is 13.7. The number of hydrogen-bond acceptors (Lipinski definition) is 5. The van der Waals surface area contributed by atoms with Crippen molar-refractivity contribution in [2.45, 2.75) is 31.8 Å². The number of rotatable bonds is 5. The van der Waals surface area contributed by atoms with Crippen LogP contribution in [0.25, 0.3) is 0 Å². The molecule has 10 heteroatoms. The minimum Gasteiger partial charge on any atom is -0.478 e. The number of sulfone groups is 1. The lowest BCUT2D eigenvalue weighted by molar-refractivity contribution is -0.138. The topological polar surface area (TPSA) is 78.3 Å². The molecule has 0 unspecified atom stereocenters. The highest BCUT2D eigenvalue weighted by atomic mass is 32.2. The van der Waals surface area contributed by atoms with E-state index < -0.39 is 43.4 Å². The van der Waals surface area contributed by atoms with Crippen LogP contribution >= 0.6 is 0 Å². The second-order valence-corrected chi connectivity index (χ2v) is 8.04. The Kier molecular flexibility index (Phi) is 5.42. The molecule has 0 atom stereocenters. The molecule has 0 N–H and O–H groups in total. The molecule has 0 fully saturated rings. The van der Waals surface area contributed by atoms with Crippen molar-refractivity contribution in [2.75, 3.05) is 12.9 Å². The van der Waals surface area contributed by atoms with E-state index in [0.29, 0.717) is 0 Å². The van der Waals surface area contributed by atoms with Gasteiger partial charge in [0.25, 0.3) is 0 Å². The molecule has 0 aliphatic carbocycles. The Morgan fingerprint density at radius 2 is 1.85 bits per heavy atom. The van der Waals surface area contributed by atoms with Gasteiger partial charge < -0.3 is 4.74 Å². The molecule has 0 bridgehead atoms. The Morgan fingerprint density at radius 3 is 2.33 bits per heavy atom. The smallest absolute Gasteiger partial charge is 0.417 e. The van der Waals surface area contributed by atoms with Gasteiger partial charge in [0.1, 0.15) is 5.56 Å². The molecule has 148 valence electrons. The van der Waals surface area contributed by atoms with Crippen LogP contribution in [0.3, 0.4) is 0 Å². The third kappa shape index (κ3) is 3.85. The number of alkyl halides is 3. The number of ketones is 1. The van der Waals surface area contributed by atoms with E-state index in [4.69, 9.17) is 4.74 Å². The van der Waals surface area contributed by atoms with Crippen molar-refractivity contribution < 1.29 is 31.1 Å². The molecule has 6 nitrogen and oxygen atoms in total. The summed E-state index contributed by atoms with van der Waals surface area (Å²) in [7, 11) is -2.42. The lowest BCUT2D eigenvalue weighted by Crippen LogP contribution is -2.19. The summed E-state index contributed by atoms with van der Waals surface area (Å²) in [4.78, 5) is 12.5. The minimum atomic E-state index is -4.92. The molecule has 0 spiro atoms. The highest BCUT2D eigenvalue weighted by Gasteiger charge is 2.40. The minimum absolute atomic E-state index is 0.0399. The maximum absolute atomic E-state index is 13.7. The van der Waals surface area contributed by atoms with Gasteiger partial charge in [0.2, 0.25) is 11.7 Å². The van der Waals surface area contributed by atoms with Crippen LogP contribution in [0.15, 0.2) is 17.2 Å². The zero-order chi connectivity index (χ0) is 20.7. The molecule has 0 aliphatic rings. The number of hydrogen-bond donors (Lipinski definition) is 0. The van der Waals surface area contributed by atoms with Crippen LogP contribution in [0.1, 0.15) is 39.5 Å². The van der Waals surface area contributed by atoms with Gasteiger partial charge >= 0.3 is 6.18 Å². The maximum Gasteiger partial charge on any atom is 0.417 e. The molecular weight excluding hydrogens is 385 g/mol. The molecule has 27 heavy (non-hydrogen) atoms. The van der Waals surface area contributed by atoms with E-state index in [0.717, 1.165) is 25.4 Å². The summed E-state index contributed by atoms with van der Waals surface area (Å²) in [6, 6.07) is 0.956. The van der Waals surface area contributed by atoms with Crippen molar-refractivity contribution >= 4 is 15.6 Å². The second-order valence-electron chi connectivity index (χ2n) is 6.09. The standard InChI is InChI=1S/C17H19F3N2O4S/c1-6-26-16-12(8-21-22(16)4)14(23)11-7-9(2)15(27(5,24)25)10(3)13(11)17(18,19)20/h7-8H,6H2,1-5H3. The zero-order valence-electron chi connectivity index (χ0n) is 15.4. The van der Waals surface area contributed by atoms with E-state index >= 15 is 0 Å². The molecule has 1 aromatic heterocycles. The average Bonchev–Trinajstić information content (AvgIpc) is 2.84. The Labute approximate surface area is 154 Å². The monoisotopic (exact) mass is 404 g/mol. The molecule has 0 saturated heterocycles. The van der Waals surface area contributed by atoms with Crippen molar-refractivity contribution in [1.29, 1.82) is 0 Å². The van der Waals surface area contributed by atoms with Gasteiger partial charge in [0.05, 0.1) is 23.3 Å². The van der Waals surface area contributed by atoms with Crippen molar-refractivity contribution in [3.05, 3.63) is 40.1 Å². The largest absolute Gasteiger partial charge is 0.478 e. The lowest BCUT2D eigenvalue weighted by atomic mass is 9.93. The average molecular weight is 404 g/mol. The second kappa shape index (κ2) is 6.99. The van der Waals surface area contributed by atoms with Gasteiger partial charge in [0, 0.05) is 18.9 Å². The molecule has 0 saturated carbocycles. The van der Waals surface area contributed by atoms with Gasteiger partial charge in [-0.25, -0.2) is 13.1 Å². The molecular formula is C17H19F3N2O4S. The van der Waals surface area contributed by atoms with Crippen molar-refractivity contribution in [3.63, 3.8) is 0 Å². The quantitative estimate of drug-likeness (QED) is 0.716. The molecule has 1 aromatic carbocycles. The van der Waals surface area contributed by atoms with E-state index in [-0.39, 0.29) is 23.6 Å². The first-order valence-electron chi connectivity index (χ1n) is 7.91. The Balaban J connectivity index is 2.84. The molecule has 0 radical (unpaired) electrons. The fraction of sp³-hybridized carbons (Fsp3) is 0.412. The van der Waals surface area contributed by atoms with Gasteiger partial charge in [0.15, 0.2) is 9.84 Å². The van der Waals surface area contributed by atoms with E-state index in [9.17, 15) is 26.4 Å². The number of aromatic nitrogens is 2. The van der Waals surface area contributed by atoms with Gasteiger partial charge in [-0.2, -0.15) is 18.3 Å². The van der Waals surface area contributed by atoms with E-state index in [1.165, 1.54) is 18.7 Å². The number of halogens is 3. The number of carbonyl (C=O) groups excluding carboxylic acids is 1. The summed E-state index contributed by atoms with van der Waals surface area (Å²) in [5, 5.41) is 3.87. The van der Waals surface area contributed by atoms with Crippen LogP contribution in [0, 0.1) is 13.8 Å². The van der Waals surface area contributed by atoms with Crippen LogP contribution in [-0.4, -0.2) is 36.8 Å². The van der Waals surface area contributed by atoms with Crippen molar-refractivity contribution in [3.8, 4) is 5.88 Å². The first-order valence-corrected chi connectivity index (χ1v) is 9.80. The van der Waals surface area contributed by atoms with Gasteiger partial charge in [-0.05, 0) is 38.0 Å². The Hall–Kier alpha value is -2.36. The first kappa shape index (κ1) is 20.9. The Bertz CT molecular complexity index is 1010. The fourth-order valence-electron chi connectivity index (χ4n) is 3.12. The van der Waals surface area contributed by atoms with Crippen LogP contribution in [0.2, 0.25) is 0 Å².